The lowest BCUT2D eigenvalue weighted by Gasteiger charge is -2.23. The average Bonchev–Trinajstić information content (AvgIpc) is 2.98. The van der Waals surface area contributed by atoms with Gasteiger partial charge in [0, 0.05) is 12.7 Å². The smallest absolute Gasteiger partial charge is 0.257 e. The van der Waals surface area contributed by atoms with Gasteiger partial charge in [0.05, 0.1) is 34.7 Å². The van der Waals surface area contributed by atoms with Crippen molar-refractivity contribution in [2.45, 2.75) is 25.8 Å². The normalized spacial score (nSPS) is 15.2. The van der Waals surface area contributed by atoms with Crippen LogP contribution in [-0.2, 0) is 13.6 Å². The molecule has 0 unspecified atom stereocenters. The van der Waals surface area contributed by atoms with Crippen molar-refractivity contribution >= 4 is 34.2 Å². The Balaban J connectivity index is 1.55. The van der Waals surface area contributed by atoms with Crippen LogP contribution < -0.4 is 10.2 Å². The zero-order chi connectivity index (χ0) is 18.8. The summed E-state index contributed by atoms with van der Waals surface area (Å²) in [6.07, 6.45) is 3.95. The molecule has 2 heterocycles. The summed E-state index contributed by atoms with van der Waals surface area (Å²) in [5.74, 6) is 0.880. The van der Waals surface area contributed by atoms with E-state index >= 15 is 0 Å². The van der Waals surface area contributed by atoms with E-state index in [2.05, 4.69) is 16.9 Å². The number of aryl methyl sites for hydroxylation is 1. The van der Waals surface area contributed by atoms with Crippen molar-refractivity contribution in [2.24, 2.45) is 7.05 Å². The van der Waals surface area contributed by atoms with Crippen molar-refractivity contribution in [1.82, 2.24) is 9.55 Å². The Labute approximate surface area is 163 Å². The molecule has 1 fully saturated rings. The van der Waals surface area contributed by atoms with Crippen LogP contribution in [0, 0.1) is 0 Å². The van der Waals surface area contributed by atoms with E-state index in [9.17, 15) is 4.79 Å². The van der Waals surface area contributed by atoms with Crippen LogP contribution in [0.4, 0.5) is 5.69 Å². The number of anilines is 1. The van der Waals surface area contributed by atoms with Gasteiger partial charge in [0.15, 0.2) is 5.82 Å². The van der Waals surface area contributed by atoms with E-state index in [1.165, 1.54) is 32.4 Å². The Morgan fingerprint density at radius 2 is 1.96 bits per heavy atom. The number of amides is 1. The summed E-state index contributed by atoms with van der Waals surface area (Å²) in [5, 5.41) is 3.37. The number of quaternary nitrogens is 1. The van der Waals surface area contributed by atoms with Gasteiger partial charge in [-0.05, 0) is 49.6 Å². The minimum atomic E-state index is -0.214. The number of carbonyl (C=O) groups excluding carboxylic acids is 1. The first-order valence-electron chi connectivity index (χ1n) is 9.46. The summed E-state index contributed by atoms with van der Waals surface area (Å²) in [6, 6.07) is 12.9. The van der Waals surface area contributed by atoms with E-state index in [1.807, 2.05) is 24.3 Å². The third-order valence-electron chi connectivity index (χ3n) is 5.32. The zero-order valence-corrected chi connectivity index (χ0v) is 16.2. The molecule has 3 aromatic rings. The van der Waals surface area contributed by atoms with E-state index in [4.69, 9.17) is 16.6 Å². The molecule has 5 nitrogen and oxygen atoms in total. The molecular weight excluding hydrogens is 360 g/mol. The third-order valence-corrected chi connectivity index (χ3v) is 5.65. The molecule has 0 spiro atoms. The molecule has 0 atom stereocenters. The first-order valence-corrected chi connectivity index (χ1v) is 9.84. The Kier molecular flexibility index (Phi) is 5.14. The molecule has 1 saturated heterocycles. The highest BCUT2D eigenvalue weighted by atomic mass is 35.5. The summed E-state index contributed by atoms with van der Waals surface area (Å²) in [4.78, 5) is 18.9. The van der Waals surface area contributed by atoms with Gasteiger partial charge in [0.1, 0.15) is 6.54 Å². The number of likely N-dealkylation sites (tertiary alicyclic amines) is 1. The van der Waals surface area contributed by atoms with E-state index in [0.717, 1.165) is 29.1 Å². The molecule has 1 aliphatic rings. The number of rotatable bonds is 4. The SMILES string of the molecule is Cn1c(C[NH+]2CCCCC2)nc2cc(NC(=O)c3ccccc3Cl)ccc21. The first-order chi connectivity index (χ1) is 13.1. The summed E-state index contributed by atoms with van der Waals surface area (Å²) >= 11 is 6.12. The fourth-order valence-electron chi connectivity index (χ4n) is 3.78. The van der Waals surface area contributed by atoms with Crippen LogP contribution in [0.3, 0.4) is 0 Å². The molecule has 27 heavy (non-hydrogen) atoms. The number of carbonyl (C=O) groups is 1. The molecule has 0 bridgehead atoms. The molecule has 0 saturated carbocycles. The maximum atomic E-state index is 12.5. The van der Waals surface area contributed by atoms with Crippen LogP contribution in [0.1, 0.15) is 35.4 Å². The fourth-order valence-corrected chi connectivity index (χ4v) is 4.00. The highest BCUT2D eigenvalue weighted by Gasteiger charge is 2.18. The van der Waals surface area contributed by atoms with Crippen LogP contribution in [0.25, 0.3) is 11.0 Å². The van der Waals surface area contributed by atoms with E-state index in [1.54, 1.807) is 23.1 Å². The summed E-state index contributed by atoms with van der Waals surface area (Å²) in [6.45, 7) is 3.40. The average molecular weight is 384 g/mol. The van der Waals surface area contributed by atoms with Gasteiger partial charge in [-0.1, -0.05) is 23.7 Å². The highest BCUT2D eigenvalue weighted by Crippen LogP contribution is 2.21. The number of aromatic nitrogens is 2. The molecule has 4 rings (SSSR count). The molecule has 1 aromatic heterocycles. The fraction of sp³-hybridized carbons (Fsp3) is 0.333. The second-order valence-electron chi connectivity index (χ2n) is 7.21. The number of piperidine rings is 1. The predicted molar refractivity (Wildman–Crippen MR) is 108 cm³/mol. The van der Waals surface area contributed by atoms with Crippen molar-refractivity contribution in [3.8, 4) is 0 Å². The van der Waals surface area contributed by atoms with Crippen molar-refractivity contribution in [3.63, 3.8) is 0 Å². The number of hydrogen-bond acceptors (Lipinski definition) is 2. The lowest BCUT2D eigenvalue weighted by Crippen LogP contribution is -3.11. The van der Waals surface area contributed by atoms with E-state index < -0.39 is 0 Å². The largest absolute Gasteiger partial charge is 0.329 e. The van der Waals surface area contributed by atoms with Crippen LogP contribution in [0.2, 0.25) is 5.02 Å². The Bertz CT molecular complexity index is 975. The second-order valence-corrected chi connectivity index (χ2v) is 7.62. The van der Waals surface area contributed by atoms with Crippen molar-refractivity contribution < 1.29 is 9.69 Å². The van der Waals surface area contributed by atoms with Crippen molar-refractivity contribution in [1.29, 1.82) is 0 Å². The van der Waals surface area contributed by atoms with Gasteiger partial charge in [0.2, 0.25) is 0 Å². The van der Waals surface area contributed by atoms with E-state index in [-0.39, 0.29) is 5.91 Å². The molecule has 140 valence electrons. The van der Waals surface area contributed by atoms with Gasteiger partial charge in [0.25, 0.3) is 5.91 Å². The number of nitrogens with zero attached hydrogens (tertiary/aromatic N) is 2. The lowest BCUT2D eigenvalue weighted by atomic mass is 10.1. The van der Waals surface area contributed by atoms with Gasteiger partial charge in [-0.2, -0.15) is 0 Å². The van der Waals surface area contributed by atoms with Crippen molar-refractivity contribution in [2.75, 3.05) is 18.4 Å². The number of imidazole rings is 1. The molecule has 2 aromatic carbocycles. The van der Waals surface area contributed by atoms with E-state index in [0.29, 0.717) is 10.6 Å². The van der Waals surface area contributed by atoms with Crippen LogP contribution >= 0.6 is 11.6 Å². The molecule has 6 heteroatoms. The number of hydrogen-bond donors (Lipinski definition) is 2. The maximum absolute atomic E-state index is 12.5. The zero-order valence-electron chi connectivity index (χ0n) is 15.5. The monoisotopic (exact) mass is 383 g/mol. The Morgan fingerprint density at radius 3 is 2.74 bits per heavy atom. The summed E-state index contributed by atoms with van der Waals surface area (Å²) < 4.78 is 2.16. The Morgan fingerprint density at radius 1 is 1.19 bits per heavy atom. The number of nitrogens with one attached hydrogen (secondary N) is 2. The number of benzene rings is 2. The minimum Gasteiger partial charge on any atom is -0.329 e. The van der Waals surface area contributed by atoms with Gasteiger partial charge in [-0.3, -0.25) is 4.79 Å². The quantitative estimate of drug-likeness (QED) is 0.727. The summed E-state index contributed by atoms with van der Waals surface area (Å²) in [7, 11) is 2.07. The predicted octanol–water partition coefficient (Wildman–Crippen LogP) is 3.05. The lowest BCUT2D eigenvalue weighted by molar-refractivity contribution is -0.919. The van der Waals surface area contributed by atoms with Crippen molar-refractivity contribution in [3.05, 3.63) is 58.9 Å². The van der Waals surface area contributed by atoms with Gasteiger partial charge in [-0.15, -0.1) is 0 Å². The highest BCUT2D eigenvalue weighted by molar-refractivity contribution is 6.34. The topological polar surface area (TPSA) is 51.4 Å². The summed E-state index contributed by atoms with van der Waals surface area (Å²) in [5.41, 5.74) is 3.18. The molecule has 0 radical (unpaired) electrons. The van der Waals surface area contributed by atoms with Gasteiger partial charge in [-0.25, -0.2) is 4.98 Å². The number of halogens is 1. The van der Waals surface area contributed by atoms with Crippen LogP contribution in [-0.4, -0.2) is 28.5 Å². The molecule has 1 amide bonds. The van der Waals surface area contributed by atoms with Crippen LogP contribution in [0.5, 0.6) is 0 Å². The standard InChI is InChI=1S/C21H23ClN4O/c1-25-19-10-9-15(23-21(27)16-7-3-4-8-17(16)22)13-18(19)24-20(25)14-26-11-5-2-6-12-26/h3-4,7-10,13H,2,5-6,11-12,14H2,1H3,(H,23,27)/p+1. The first kappa shape index (κ1) is 18.0. The molecule has 2 N–H and O–H groups in total. The Hall–Kier alpha value is -2.37. The minimum absolute atomic E-state index is 0.214. The third kappa shape index (κ3) is 3.84. The van der Waals surface area contributed by atoms with Crippen LogP contribution in [0.15, 0.2) is 42.5 Å². The van der Waals surface area contributed by atoms with Gasteiger partial charge < -0.3 is 14.8 Å². The molecule has 0 aliphatic carbocycles. The number of fused-ring (bicyclic) bond motifs is 1. The van der Waals surface area contributed by atoms with Gasteiger partial charge >= 0.3 is 0 Å². The molecular formula is C21H24ClN4O+. The second kappa shape index (κ2) is 7.71. The molecule has 1 aliphatic heterocycles. The maximum Gasteiger partial charge on any atom is 0.257 e.